The van der Waals surface area contributed by atoms with Gasteiger partial charge in [-0.2, -0.15) is 17.5 Å². The minimum absolute atomic E-state index is 0.0240. The van der Waals surface area contributed by atoms with E-state index in [1.54, 1.807) is 29.2 Å². The molecule has 37 heavy (non-hydrogen) atoms. The SMILES string of the molecule is COc1ccc(S(=O)(=O)N(CC(=O)N2CCNCC2)Cc2ccccc2OC)cc1.O=C(O)C(F)(F)F. The lowest BCUT2D eigenvalue weighted by atomic mass is 10.2. The van der Waals surface area contributed by atoms with Gasteiger partial charge in [-0.15, -0.1) is 0 Å². The quantitative estimate of drug-likeness (QED) is 0.514. The standard InChI is InChI=1S/C21H27N3O5S.C2HF3O2/c1-28-18-7-9-19(10-8-18)30(26,27)24(15-17-5-3-4-6-20(17)29-2)16-21(25)23-13-11-22-12-14-23;3-2(4,5)1(6)7/h3-10,22H,11-16H2,1-2H3;(H,6,7). The highest BCUT2D eigenvalue weighted by Crippen LogP contribution is 2.25. The molecule has 1 fully saturated rings. The Morgan fingerprint density at radius 3 is 2.11 bits per heavy atom. The molecular formula is C23H28F3N3O7S. The van der Waals surface area contributed by atoms with Crippen molar-refractivity contribution in [3.8, 4) is 11.5 Å². The first-order valence-corrected chi connectivity index (χ1v) is 12.4. The minimum atomic E-state index is -5.08. The zero-order valence-corrected chi connectivity index (χ0v) is 21.0. The third-order valence-corrected chi connectivity index (χ3v) is 7.07. The van der Waals surface area contributed by atoms with Crippen molar-refractivity contribution >= 4 is 21.9 Å². The number of carboxylic acids is 1. The number of amides is 1. The Kier molecular flexibility index (Phi) is 10.7. The molecule has 1 saturated heterocycles. The number of aliphatic carboxylic acids is 1. The predicted octanol–water partition coefficient (Wildman–Crippen LogP) is 1.96. The number of alkyl halides is 3. The summed E-state index contributed by atoms with van der Waals surface area (Å²) in [6.45, 7) is 2.30. The van der Waals surface area contributed by atoms with Crippen LogP contribution in [0.3, 0.4) is 0 Å². The number of halogens is 3. The van der Waals surface area contributed by atoms with Crippen molar-refractivity contribution in [2.24, 2.45) is 0 Å². The van der Waals surface area contributed by atoms with Crippen molar-refractivity contribution in [2.75, 3.05) is 46.9 Å². The third kappa shape index (κ3) is 8.61. The molecular weight excluding hydrogens is 519 g/mol. The zero-order valence-electron chi connectivity index (χ0n) is 20.2. The van der Waals surface area contributed by atoms with Crippen LogP contribution in [0.2, 0.25) is 0 Å². The van der Waals surface area contributed by atoms with Gasteiger partial charge < -0.3 is 24.8 Å². The second kappa shape index (κ2) is 13.3. The number of ether oxygens (including phenoxy) is 2. The highest BCUT2D eigenvalue weighted by atomic mass is 32.2. The monoisotopic (exact) mass is 547 g/mol. The number of carbonyl (C=O) groups is 2. The molecule has 1 heterocycles. The van der Waals surface area contributed by atoms with E-state index in [0.29, 0.717) is 43.2 Å². The predicted molar refractivity (Wildman–Crippen MR) is 127 cm³/mol. The topological polar surface area (TPSA) is 125 Å². The summed E-state index contributed by atoms with van der Waals surface area (Å²) in [5, 5.41) is 10.3. The Hall–Kier alpha value is -3.36. The van der Waals surface area contributed by atoms with Crippen LogP contribution < -0.4 is 14.8 Å². The number of methoxy groups -OCH3 is 2. The maximum absolute atomic E-state index is 13.4. The van der Waals surface area contributed by atoms with Gasteiger partial charge in [-0.3, -0.25) is 4.79 Å². The lowest BCUT2D eigenvalue weighted by Crippen LogP contribution is -2.50. The van der Waals surface area contributed by atoms with Gasteiger partial charge in [0.25, 0.3) is 0 Å². The van der Waals surface area contributed by atoms with Crippen LogP contribution in [0.4, 0.5) is 13.2 Å². The van der Waals surface area contributed by atoms with Crippen LogP contribution in [0.5, 0.6) is 11.5 Å². The summed E-state index contributed by atoms with van der Waals surface area (Å²) in [5.74, 6) is -1.85. The lowest BCUT2D eigenvalue weighted by molar-refractivity contribution is -0.192. The van der Waals surface area contributed by atoms with Crippen molar-refractivity contribution in [1.82, 2.24) is 14.5 Å². The van der Waals surface area contributed by atoms with E-state index in [1.165, 1.54) is 30.7 Å². The molecule has 0 unspecified atom stereocenters. The van der Waals surface area contributed by atoms with E-state index in [2.05, 4.69) is 5.32 Å². The fraction of sp³-hybridized carbons (Fsp3) is 0.391. The fourth-order valence-corrected chi connectivity index (χ4v) is 4.68. The van der Waals surface area contributed by atoms with E-state index in [4.69, 9.17) is 19.4 Å². The van der Waals surface area contributed by atoms with E-state index in [1.807, 2.05) is 12.1 Å². The number of hydrogen-bond acceptors (Lipinski definition) is 7. The van der Waals surface area contributed by atoms with Gasteiger partial charge in [-0.25, -0.2) is 13.2 Å². The van der Waals surface area contributed by atoms with Crippen molar-refractivity contribution in [1.29, 1.82) is 0 Å². The number of sulfonamides is 1. The van der Waals surface area contributed by atoms with Gasteiger partial charge in [0.15, 0.2) is 0 Å². The van der Waals surface area contributed by atoms with Crippen LogP contribution in [-0.2, 0) is 26.2 Å². The number of rotatable bonds is 8. The fourth-order valence-electron chi connectivity index (χ4n) is 3.31. The van der Waals surface area contributed by atoms with E-state index in [9.17, 15) is 26.4 Å². The maximum Gasteiger partial charge on any atom is 0.490 e. The Labute approximate surface area is 212 Å². The number of nitrogens with zero attached hydrogens (tertiary/aromatic N) is 2. The summed E-state index contributed by atoms with van der Waals surface area (Å²) < 4.78 is 70.3. The zero-order chi connectivity index (χ0) is 27.6. The smallest absolute Gasteiger partial charge is 0.490 e. The molecule has 2 aromatic rings. The molecule has 0 atom stereocenters. The van der Waals surface area contributed by atoms with Crippen molar-refractivity contribution < 1.29 is 45.8 Å². The molecule has 0 aliphatic carbocycles. The second-order valence-electron chi connectivity index (χ2n) is 7.69. The Morgan fingerprint density at radius 2 is 1.59 bits per heavy atom. The van der Waals surface area contributed by atoms with Gasteiger partial charge in [-0.05, 0) is 30.3 Å². The first-order chi connectivity index (χ1) is 17.4. The molecule has 2 N–H and O–H groups in total. The number of nitrogens with one attached hydrogen (secondary N) is 1. The molecule has 1 aliphatic heterocycles. The summed E-state index contributed by atoms with van der Waals surface area (Å²) in [4.78, 5) is 23.6. The number of benzene rings is 2. The van der Waals surface area contributed by atoms with E-state index in [-0.39, 0.29) is 23.9 Å². The normalized spacial score (nSPS) is 13.9. The summed E-state index contributed by atoms with van der Waals surface area (Å²) in [7, 11) is -0.872. The molecule has 1 aliphatic rings. The van der Waals surface area contributed by atoms with Crippen LogP contribution in [0.1, 0.15) is 5.56 Å². The van der Waals surface area contributed by atoms with Crippen LogP contribution in [0, 0.1) is 0 Å². The van der Waals surface area contributed by atoms with Gasteiger partial charge in [0.1, 0.15) is 11.5 Å². The molecule has 0 aromatic heterocycles. The summed E-state index contributed by atoms with van der Waals surface area (Å²) in [6, 6.07) is 13.3. The van der Waals surface area contributed by atoms with Gasteiger partial charge in [0.05, 0.1) is 25.7 Å². The average Bonchev–Trinajstić information content (AvgIpc) is 2.88. The first-order valence-electron chi connectivity index (χ1n) is 10.9. The Bertz CT molecular complexity index is 1150. The van der Waals surface area contributed by atoms with Crippen molar-refractivity contribution in [2.45, 2.75) is 17.6 Å². The molecule has 0 saturated carbocycles. The number of para-hydroxylation sites is 1. The molecule has 14 heteroatoms. The third-order valence-electron chi connectivity index (χ3n) is 5.26. The minimum Gasteiger partial charge on any atom is -0.497 e. The van der Waals surface area contributed by atoms with Crippen LogP contribution >= 0.6 is 0 Å². The summed E-state index contributed by atoms with van der Waals surface area (Å²) in [6.07, 6.45) is -5.08. The number of carboxylic acid groups (broad SMARTS) is 1. The molecule has 3 rings (SSSR count). The van der Waals surface area contributed by atoms with Gasteiger partial charge in [0, 0.05) is 38.3 Å². The molecule has 204 valence electrons. The van der Waals surface area contributed by atoms with E-state index in [0.717, 1.165) is 0 Å². The summed E-state index contributed by atoms with van der Waals surface area (Å²) >= 11 is 0. The van der Waals surface area contributed by atoms with Gasteiger partial charge in [-0.1, -0.05) is 18.2 Å². The van der Waals surface area contributed by atoms with Crippen molar-refractivity contribution in [3.63, 3.8) is 0 Å². The molecule has 0 spiro atoms. The Morgan fingerprint density at radius 1 is 1.03 bits per heavy atom. The maximum atomic E-state index is 13.4. The molecule has 1 amide bonds. The Balaban J connectivity index is 0.000000604. The number of hydrogen-bond donors (Lipinski definition) is 2. The molecule has 0 radical (unpaired) electrons. The number of piperazine rings is 1. The largest absolute Gasteiger partial charge is 0.497 e. The van der Waals surface area contributed by atoms with Crippen molar-refractivity contribution in [3.05, 3.63) is 54.1 Å². The van der Waals surface area contributed by atoms with Crippen LogP contribution in [0.15, 0.2) is 53.4 Å². The first kappa shape index (κ1) is 29.9. The second-order valence-corrected chi connectivity index (χ2v) is 9.63. The van der Waals surface area contributed by atoms with Gasteiger partial charge in [0.2, 0.25) is 15.9 Å². The number of carbonyl (C=O) groups excluding carboxylic acids is 1. The van der Waals surface area contributed by atoms with E-state index < -0.39 is 22.2 Å². The molecule has 0 bridgehead atoms. The van der Waals surface area contributed by atoms with E-state index >= 15 is 0 Å². The lowest BCUT2D eigenvalue weighted by Gasteiger charge is -2.30. The average molecular weight is 548 g/mol. The molecule has 2 aromatic carbocycles. The van der Waals surface area contributed by atoms with Crippen LogP contribution in [-0.4, -0.2) is 87.7 Å². The highest BCUT2D eigenvalue weighted by molar-refractivity contribution is 7.89. The summed E-state index contributed by atoms with van der Waals surface area (Å²) in [5.41, 5.74) is 0.685. The van der Waals surface area contributed by atoms with Crippen LogP contribution in [0.25, 0.3) is 0 Å². The molecule has 10 nitrogen and oxygen atoms in total. The highest BCUT2D eigenvalue weighted by Gasteiger charge is 2.38. The van der Waals surface area contributed by atoms with Gasteiger partial charge >= 0.3 is 12.1 Å².